The van der Waals surface area contributed by atoms with Crippen molar-refractivity contribution in [3.8, 4) is 0 Å². The lowest BCUT2D eigenvalue weighted by Gasteiger charge is -2.42. The van der Waals surface area contributed by atoms with Crippen molar-refractivity contribution in [3.63, 3.8) is 0 Å². The second-order valence-electron chi connectivity index (χ2n) is 7.23. The number of hydrogen-bond acceptors (Lipinski definition) is 3. The maximum absolute atomic E-state index is 13.3. The summed E-state index contributed by atoms with van der Waals surface area (Å²) in [7, 11) is 0. The highest BCUT2D eigenvalue weighted by Gasteiger charge is 2.48. The number of nitrogens with zero attached hydrogens (tertiary/aromatic N) is 3. The van der Waals surface area contributed by atoms with Crippen molar-refractivity contribution in [1.82, 2.24) is 20.0 Å². The fourth-order valence-electron chi connectivity index (χ4n) is 4.33. The first kappa shape index (κ1) is 16.3. The largest absolute Gasteiger partial charge is 0.353 e. The highest BCUT2D eigenvalue weighted by atomic mass is 16.2. The fraction of sp³-hybridized carbons (Fsp3) is 0.500. The summed E-state index contributed by atoms with van der Waals surface area (Å²) >= 11 is 0. The number of piperidine rings is 1. The van der Waals surface area contributed by atoms with Gasteiger partial charge in [0.25, 0.3) is 0 Å². The Morgan fingerprint density at radius 2 is 1.80 bits per heavy atom. The second-order valence-corrected chi connectivity index (χ2v) is 7.23. The highest BCUT2D eigenvalue weighted by Crippen LogP contribution is 2.36. The third kappa shape index (κ3) is 3.21. The smallest absolute Gasteiger partial charge is 0.241 e. The maximum Gasteiger partial charge on any atom is 0.241 e. The summed E-state index contributed by atoms with van der Waals surface area (Å²) < 4.78 is 1.86. The van der Waals surface area contributed by atoms with E-state index in [2.05, 4.69) is 39.6 Å². The molecule has 1 fully saturated rings. The summed E-state index contributed by atoms with van der Waals surface area (Å²) in [5, 5.41) is 7.40. The predicted molar refractivity (Wildman–Crippen MR) is 97.2 cm³/mol. The number of carbonyl (C=O) groups is 1. The standard InChI is InChI=1S/C20H26N4O/c25-19(21-10-14-24-13-6-9-22-24)20(23-11-4-1-5-12-23)15-17-7-2-3-8-18(17)16-20/h2-3,6-9,13H,1,4-5,10-12,14-16H2,(H,21,25). The van der Waals surface area contributed by atoms with Crippen molar-refractivity contribution in [2.75, 3.05) is 19.6 Å². The third-order valence-electron chi connectivity index (χ3n) is 5.65. The summed E-state index contributed by atoms with van der Waals surface area (Å²) in [5.74, 6) is 0.178. The van der Waals surface area contributed by atoms with Gasteiger partial charge < -0.3 is 5.32 Å². The van der Waals surface area contributed by atoms with Gasteiger partial charge in [-0.3, -0.25) is 14.4 Å². The number of hydrogen-bond donors (Lipinski definition) is 1. The first-order valence-corrected chi connectivity index (χ1v) is 9.35. The Morgan fingerprint density at radius 1 is 1.08 bits per heavy atom. The van der Waals surface area contributed by atoms with E-state index in [0.29, 0.717) is 13.1 Å². The van der Waals surface area contributed by atoms with Crippen molar-refractivity contribution >= 4 is 5.91 Å². The zero-order chi connectivity index (χ0) is 17.1. The van der Waals surface area contributed by atoms with Gasteiger partial charge in [0, 0.05) is 31.8 Å². The minimum atomic E-state index is -0.409. The van der Waals surface area contributed by atoms with Gasteiger partial charge in [-0.05, 0) is 43.1 Å². The molecule has 5 nitrogen and oxygen atoms in total. The molecule has 2 aliphatic rings. The van der Waals surface area contributed by atoms with Gasteiger partial charge in [0.2, 0.25) is 5.91 Å². The number of nitrogens with one attached hydrogen (secondary N) is 1. The number of likely N-dealkylation sites (tertiary alicyclic amines) is 1. The minimum absolute atomic E-state index is 0.178. The van der Waals surface area contributed by atoms with E-state index in [1.807, 2.05) is 16.9 Å². The molecule has 0 saturated carbocycles. The number of amides is 1. The molecule has 1 saturated heterocycles. The predicted octanol–water partition coefficient (Wildman–Crippen LogP) is 2.02. The van der Waals surface area contributed by atoms with E-state index in [0.717, 1.165) is 25.9 Å². The molecule has 1 aliphatic heterocycles. The molecular weight excluding hydrogens is 312 g/mol. The summed E-state index contributed by atoms with van der Waals surface area (Å²) in [6, 6.07) is 10.4. The van der Waals surface area contributed by atoms with Gasteiger partial charge in [0.15, 0.2) is 0 Å². The summed E-state index contributed by atoms with van der Waals surface area (Å²) in [5.41, 5.74) is 2.25. The fourth-order valence-corrected chi connectivity index (χ4v) is 4.33. The highest BCUT2D eigenvalue weighted by molar-refractivity contribution is 5.88. The molecule has 4 rings (SSSR count). The molecule has 1 aromatic carbocycles. The monoisotopic (exact) mass is 338 g/mol. The zero-order valence-corrected chi connectivity index (χ0v) is 14.7. The van der Waals surface area contributed by atoms with Gasteiger partial charge in [-0.25, -0.2) is 0 Å². The van der Waals surface area contributed by atoms with Crippen LogP contribution in [0.15, 0.2) is 42.7 Å². The van der Waals surface area contributed by atoms with Crippen LogP contribution >= 0.6 is 0 Å². The van der Waals surface area contributed by atoms with Gasteiger partial charge in [0.05, 0.1) is 6.54 Å². The Bertz CT molecular complexity index is 694. The van der Waals surface area contributed by atoms with Crippen LogP contribution in [0.1, 0.15) is 30.4 Å². The van der Waals surface area contributed by atoms with E-state index in [9.17, 15) is 4.79 Å². The van der Waals surface area contributed by atoms with Crippen molar-refractivity contribution in [1.29, 1.82) is 0 Å². The Hall–Kier alpha value is -2.14. The Morgan fingerprint density at radius 3 is 2.44 bits per heavy atom. The molecule has 0 bridgehead atoms. The Labute approximate surface area is 149 Å². The van der Waals surface area contributed by atoms with Crippen molar-refractivity contribution in [3.05, 3.63) is 53.9 Å². The van der Waals surface area contributed by atoms with Crippen molar-refractivity contribution in [2.45, 2.75) is 44.2 Å². The Kier molecular flexibility index (Phi) is 4.57. The molecule has 0 spiro atoms. The van der Waals surface area contributed by atoms with Gasteiger partial charge >= 0.3 is 0 Å². The van der Waals surface area contributed by atoms with Crippen LogP contribution in [0.4, 0.5) is 0 Å². The first-order chi connectivity index (χ1) is 12.3. The van der Waals surface area contributed by atoms with Gasteiger partial charge in [-0.15, -0.1) is 0 Å². The van der Waals surface area contributed by atoms with Crippen LogP contribution < -0.4 is 5.32 Å². The lowest BCUT2D eigenvalue weighted by molar-refractivity contribution is -0.134. The van der Waals surface area contributed by atoms with Crippen LogP contribution in [-0.4, -0.2) is 45.8 Å². The molecule has 1 aliphatic carbocycles. The third-order valence-corrected chi connectivity index (χ3v) is 5.65. The van der Waals surface area contributed by atoms with Gasteiger partial charge in [0.1, 0.15) is 5.54 Å². The van der Waals surface area contributed by atoms with Crippen LogP contribution in [0.25, 0.3) is 0 Å². The van der Waals surface area contributed by atoms with E-state index in [4.69, 9.17) is 0 Å². The second kappa shape index (κ2) is 7.00. The average molecular weight is 338 g/mol. The van der Waals surface area contributed by atoms with Crippen LogP contribution in [0.2, 0.25) is 0 Å². The molecule has 5 heteroatoms. The summed E-state index contributed by atoms with van der Waals surface area (Å²) in [6.45, 7) is 3.38. The van der Waals surface area contributed by atoms with Crippen LogP contribution in [-0.2, 0) is 24.2 Å². The molecule has 1 N–H and O–H groups in total. The van der Waals surface area contributed by atoms with Gasteiger partial charge in [-0.1, -0.05) is 30.7 Å². The number of carbonyl (C=O) groups excluding carboxylic acids is 1. The SMILES string of the molecule is O=C(NCCn1cccn1)C1(N2CCCCC2)Cc2ccccc2C1. The van der Waals surface area contributed by atoms with E-state index in [1.54, 1.807) is 6.20 Å². The minimum Gasteiger partial charge on any atom is -0.353 e. The molecular formula is C20H26N4O. The van der Waals surface area contributed by atoms with E-state index >= 15 is 0 Å². The molecule has 2 aromatic rings. The molecule has 1 aromatic heterocycles. The first-order valence-electron chi connectivity index (χ1n) is 9.35. The van der Waals surface area contributed by atoms with Crippen LogP contribution in [0, 0.1) is 0 Å². The van der Waals surface area contributed by atoms with Crippen molar-refractivity contribution in [2.24, 2.45) is 0 Å². The normalized spacial score (nSPS) is 19.5. The molecule has 25 heavy (non-hydrogen) atoms. The molecule has 1 amide bonds. The molecule has 0 radical (unpaired) electrons. The average Bonchev–Trinajstić information content (AvgIpc) is 3.30. The number of aromatic nitrogens is 2. The topological polar surface area (TPSA) is 50.2 Å². The van der Waals surface area contributed by atoms with Crippen LogP contribution in [0.3, 0.4) is 0 Å². The number of fused-ring (bicyclic) bond motifs is 1. The number of rotatable bonds is 5. The van der Waals surface area contributed by atoms with E-state index in [-0.39, 0.29) is 5.91 Å². The van der Waals surface area contributed by atoms with Crippen LogP contribution in [0.5, 0.6) is 0 Å². The summed E-state index contributed by atoms with van der Waals surface area (Å²) in [4.78, 5) is 15.7. The molecule has 132 valence electrons. The summed E-state index contributed by atoms with van der Waals surface area (Å²) in [6.07, 6.45) is 9.02. The lowest BCUT2D eigenvalue weighted by Crippen LogP contribution is -2.61. The molecule has 0 atom stereocenters. The lowest BCUT2D eigenvalue weighted by atomic mass is 9.89. The van der Waals surface area contributed by atoms with E-state index in [1.165, 1.54) is 30.4 Å². The quantitative estimate of drug-likeness (QED) is 0.907. The number of benzene rings is 1. The van der Waals surface area contributed by atoms with E-state index < -0.39 is 5.54 Å². The van der Waals surface area contributed by atoms with Crippen molar-refractivity contribution < 1.29 is 4.79 Å². The maximum atomic E-state index is 13.3. The Balaban J connectivity index is 1.50. The van der Waals surface area contributed by atoms with Gasteiger partial charge in [-0.2, -0.15) is 5.10 Å². The molecule has 2 heterocycles. The zero-order valence-electron chi connectivity index (χ0n) is 14.7. The molecule has 0 unspecified atom stereocenters.